The number of ether oxygens (including phenoxy) is 3. The molecule has 0 aromatic carbocycles. The fourth-order valence-electron chi connectivity index (χ4n) is 2.57. The van der Waals surface area contributed by atoms with Crippen molar-refractivity contribution in [2.45, 2.75) is 61.4 Å². The molecule has 0 aromatic heterocycles. The van der Waals surface area contributed by atoms with E-state index in [1.54, 1.807) is 0 Å². The summed E-state index contributed by atoms with van der Waals surface area (Å²) in [5, 5.41) is 76.5. The zero-order valence-corrected chi connectivity index (χ0v) is 54.6. The van der Waals surface area contributed by atoms with E-state index in [0.717, 1.165) is 0 Å². The van der Waals surface area contributed by atoms with Gasteiger partial charge in [0.2, 0.25) is 0 Å². The van der Waals surface area contributed by atoms with Gasteiger partial charge in [0.15, 0.2) is 12.6 Å². The van der Waals surface area contributed by atoms with Gasteiger partial charge in [0.1, 0.15) is 48.8 Å². The van der Waals surface area contributed by atoms with Crippen molar-refractivity contribution in [3.05, 3.63) is 0 Å². The SMILES string of the molecule is OCC1O[C@@H](O[C@@H]2C(CO)O[C@@H](O)[C@@H](O)C2O)[C@@H](O)C(O)[C@H]1O.[Ac].[Ac].[Ac].[Ac].[Ac].[Ac].[Ac].[Ac]. The molecule has 0 aliphatic carbocycles. The van der Waals surface area contributed by atoms with E-state index in [-0.39, 0.29) is 352 Å². The first kappa shape index (κ1) is 57.7. The Morgan fingerprint density at radius 3 is 1.39 bits per heavy atom. The molecular weight excluding hydrogens is 2140 g/mol. The van der Waals surface area contributed by atoms with Crippen molar-refractivity contribution < 1.29 is 408 Å². The number of hydrogen-bond acceptors (Lipinski definition) is 11. The van der Waals surface area contributed by atoms with Crippen molar-refractivity contribution >= 4 is 0 Å². The first-order valence-corrected chi connectivity index (χ1v) is 7.08. The Bertz CT molecular complexity index is 404. The summed E-state index contributed by atoms with van der Waals surface area (Å²) in [4.78, 5) is 0. The molecule has 8 radical (unpaired) electrons. The molecule has 0 saturated carbocycles. The minimum Gasteiger partial charge on any atom is -0.394 e. The molecule has 11 nitrogen and oxygen atoms in total. The Morgan fingerprint density at radius 2 is 0.968 bits per heavy atom. The Morgan fingerprint density at radius 1 is 0.516 bits per heavy atom. The molecule has 10 atom stereocenters. The molecule has 2 saturated heterocycles. The van der Waals surface area contributed by atoms with Crippen LogP contribution in [0, 0.1) is 352 Å². The number of aliphatic hydroxyl groups is 8. The largest absolute Gasteiger partial charge is 0.394 e. The van der Waals surface area contributed by atoms with Gasteiger partial charge in [-0.1, -0.05) is 0 Å². The molecule has 2 aliphatic rings. The van der Waals surface area contributed by atoms with Gasteiger partial charge in [0.05, 0.1) is 13.2 Å². The molecule has 2 fully saturated rings. The third-order valence-electron chi connectivity index (χ3n) is 3.98. The van der Waals surface area contributed by atoms with E-state index in [0.29, 0.717) is 0 Å². The molecular formula is C12H22Ac8O11. The summed E-state index contributed by atoms with van der Waals surface area (Å²) in [5.74, 6) is 0. The van der Waals surface area contributed by atoms with Gasteiger partial charge >= 0.3 is 0 Å². The van der Waals surface area contributed by atoms with Gasteiger partial charge in [-0.05, 0) is 0 Å². The molecule has 0 bridgehead atoms. The first-order chi connectivity index (χ1) is 10.8. The Balaban J connectivity index is -0.000000144. The second kappa shape index (κ2) is 31.1. The van der Waals surface area contributed by atoms with E-state index in [1.165, 1.54) is 0 Å². The zero-order valence-electron chi connectivity index (χ0n) is 16.6. The molecule has 31 heavy (non-hydrogen) atoms. The Labute approximate surface area is 467 Å². The van der Waals surface area contributed by atoms with Crippen LogP contribution < -0.4 is 0 Å². The van der Waals surface area contributed by atoms with Gasteiger partial charge in [-0.15, -0.1) is 0 Å². The summed E-state index contributed by atoms with van der Waals surface area (Å²) >= 11 is 0. The van der Waals surface area contributed by atoms with E-state index < -0.39 is 74.6 Å². The predicted molar refractivity (Wildman–Crippen MR) is 68.6 cm³/mol. The molecule has 0 amide bonds. The quantitative estimate of drug-likeness (QED) is 0.134. The van der Waals surface area contributed by atoms with E-state index in [2.05, 4.69) is 0 Å². The Kier molecular flexibility index (Phi) is 57.9. The average molecular weight is 2160 g/mol. The summed E-state index contributed by atoms with van der Waals surface area (Å²) in [7, 11) is 0. The van der Waals surface area contributed by atoms with Crippen LogP contribution in [0.3, 0.4) is 0 Å². The van der Waals surface area contributed by atoms with E-state index in [1.807, 2.05) is 0 Å². The third kappa shape index (κ3) is 18.0. The van der Waals surface area contributed by atoms with E-state index in [9.17, 15) is 35.7 Å². The molecule has 160 valence electrons. The fraction of sp³-hybridized carbons (Fsp3) is 1.00. The van der Waals surface area contributed by atoms with Crippen LogP contribution in [0.4, 0.5) is 0 Å². The van der Waals surface area contributed by atoms with Gasteiger partial charge < -0.3 is 55.1 Å². The zero-order chi connectivity index (χ0) is 17.3. The van der Waals surface area contributed by atoms with Crippen molar-refractivity contribution in [3.63, 3.8) is 0 Å². The summed E-state index contributed by atoms with van der Waals surface area (Å²) in [6.45, 7) is -1.35. The molecule has 2 rings (SSSR count). The van der Waals surface area contributed by atoms with Crippen LogP contribution in [0.5, 0.6) is 0 Å². The predicted octanol–water partition coefficient (Wildman–Crippen LogP) is -5.40. The molecule has 2 heterocycles. The standard InChI is InChI=1S/C12H22O11.8Ac/c13-1-3-5(15)6(16)9(19)12(22-3)23-10-4(2-14)21-11(20)8(18)7(10)17;;;;;;;;/h3-20H,1-2H2;;;;;;;;/t3?,4?,5-,6?,7?,8-,9-,10+,11+,12-;;;;;;;;/m0......../s1. The fourth-order valence-corrected chi connectivity index (χ4v) is 2.57. The van der Waals surface area contributed by atoms with Crippen LogP contribution in [0.1, 0.15) is 0 Å². The van der Waals surface area contributed by atoms with Crippen LogP contribution in [0.15, 0.2) is 0 Å². The van der Waals surface area contributed by atoms with Crippen molar-refractivity contribution in [1.29, 1.82) is 0 Å². The monoisotopic (exact) mass is 2160 g/mol. The Hall–Kier alpha value is 11.1. The van der Waals surface area contributed by atoms with Gasteiger partial charge in [-0.2, -0.15) is 0 Å². The van der Waals surface area contributed by atoms with Crippen molar-refractivity contribution in [2.75, 3.05) is 13.2 Å². The third-order valence-corrected chi connectivity index (χ3v) is 3.98. The number of rotatable bonds is 4. The topological polar surface area (TPSA) is 190 Å². The van der Waals surface area contributed by atoms with Gasteiger partial charge in [-0.25, -0.2) is 0 Å². The normalized spacial score (nSPS) is 38.3. The number of hydrogen-bond donors (Lipinski definition) is 8. The summed E-state index contributed by atoms with van der Waals surface area (Å²) in [6.07, 6.45) is -15.6. The van der Waals surface area contributed by atoms with Gasteiger partial charge in [0.25, 0.3) is 0 Å². The van der Waals surface area contributed by atoms with Crippen LogP contribution >= 0.6 is 0 Å². The van der Waals surface area contributed by atoms with Crippen molar-refractivity contribution in [1.82, 2.24) is 0 Å². The minimum atomic E-state index is -1.74. The van der Waals surface area contributed by atoms with E-state index >= 15 is 0 Å². The van der Waals surface area contributed by atoms with Crippen molar-refractivity contribution in [2.24, 2.45) is 0 Å². The average Bonchev–Trinajstić information content (AvgIpc) is 2.55. The molecule has 0 spiro atoms. The minimum absolute atomic E-state index is 0. The maximum atomic E-state index is 9.94. The van der Waals surface area contributed by atoms with Crippen molar-refractivity contribution in [3.8, 4) is 0 Å². The summed E-state index contributed by atoms with van der Waals surface area (Å²) in [5.41, 5.74) is 0. The van der Waals surface area contributed by atoms with Gasteiger partial charge in [-0.3, -0.25) is 0 Å². The van der Waals surface area contributed by atoms with Crippen LogP contribution in [-0.2, 0) is 14.2 Å². The second-order valence-electron chi connectivity index (χ2n) is 5.53. The molecule has 2 aliphatic heterocycles. The van der Waals surface area contributed by atoms with Gasteiger partial charge in [0, 0.05) is 352 Å². The van der Waals surface area contributed by atoms with E-state index in [4.69, 9.17) is 19.3 Å². The maximum Gasteiger partial charge on any atom is 0.187 e. The first-order valence-electron chi connectivity index (χ1n) is 7.08. The van der Waals surface area contributed by atoms with Crippen LogP contribution in [-0.4, -0.2) is 115 Å². The maximum absolute atomic E-state index is 9.94. The molecule has 8 N–H and O–H groups in total. The summed E-state index contributed by atoms with van der Waals surface area (Å²) in [6, 6.07) is 0. The molecule has 0 aromatic rings. The van der Waals surface area contributed by atoms with Crippen LogP contribution in [0.2, 0.25) is 0 Å². The molecule has 4 unspecified atom stereocenters. The second-order valence-corrected chi connectivity index (χ2v) is 5.53. The van der Waals surface area contributed by atoms with Crippen LogP contribution in [0.25, 0.3) is 0 Å². The smallest absolute Gasteiger partial charge is 0.187 e. The summed E-state index contributed by atoms with van der Waals surface area (Å²) < 4.78 is 15.3. The number of aliphatic hydroxyl groups excluding tert-OH is 8. The molecule has 19 heteroatoms.